The number of likely N-dealkylation sites (N-methyl/N-ethyl adjacent to an activating group) is 1. The van der Waals surface area contributed by atoms with Crippen LogP contribution in [0.1, 0.15) is 16.1 Å². The quantitative estimate of drug-likeness (QED) is 0.721. The van der Waals surface area contributed by atoms with Gasteiger partial charge in [0.1, 0.15) is 0 Å². The maximum atomic E-state index is 11.9. The molecule has 16 heavy (non-hydrogen) atoms. The Morgan fingerprint density at radius 1 is 1.50 bits per heavy atom. The molecular weight excluding hydrogens is 208 g/mol. The van der Waals surface area contributed by atoms with Crippen molar-refractivity contribution in [3.05, 3.63) is 23.5 Å². The van der Waals surface area contributed by atoms with Gasteiger partial charge in [0, 0.05) is 7.05 Å². The Labute approximate surface area is 93.2 Å². The summed E-state index contributed by atoms with van der Waals surface area (Å²) in [5.41, 5.74) is 11.9. The number of aromatic nitrogens is 1. The number of anilines is 1. The fourth-order valence-corrected chi connectivity index (χ4v) is 1.28. The molecule has 0 unspecified atom stereocenters. The van der Waals surface area contributed by atoms with Crippen molar-refractivity contribution in [2.24, 2.45) is 5.73 Å². The first kappa shape index (κ1) is 12.0. The van der Waals surface area contributed by atoms with Crippen LogP contribution < -0.4 is 11.5 Å². The molecule has 0 atom stereocenters. The average Bonchev–Trinajstić information content (AvgIpc) is 2.19. The van der Waals surface area contributed by atoms with E-state index in [0.29, 0.717) is 16.9 Å². The molecule has 0 aliphatic heterocycles. The number of nitrogens with two attached hydrogens (primary N) is 2. The van der Waals surface area contributed by atoms with Gasteiger partial charge in [-0.3, -0.25) is 14.6 Å². The van der Waals surface area contributed by atoms with Crippen molar-refractivity contribution in [3.63, 3.8) is 0 Å². The number of primary amides is 1. The van der Waals surface area contributed by atoms with Crippen molar-refractivity contribution in [2.75, 3.05) is 19.3 Å². The summed E-state index contributed by atoms with van der Waals surface area (Å²) >= 11 is 0. The molecule has 0 fully saturated rings. The van der Waals surface area contributed by atoms with Crippen LogP contribution in [0.25, 0.3) is 0 Å². The molecule has 6 heteroatoms. The first-order chi connectivity index (χ1) is 7.41. The topological polar surface area (TPSA) is 102 Å². The highest BCUT2D eigenvalue weighted by Gasteiger charge is 2.16. The lowest BCUT2D eigenvalue weighted by atomic mass is 10.1. The zero-order chi connectivity index (χ0) is 12.3. The zero-order valence-electron chi connectivity index (χ0n) is 9.23. The molecular formula is C10H14N4O2. The largest absolute Gasteiger partial charge is 0.397 e. The van der Waals surface area contributed by atoms with Gasteiger partial charge in [0.25, 0.3) is 5.91 Å². The predicted molar refractivity (Wildman–Crippen MR) is 59.5 cm³/mol. The number of carbonyl (C=O) groups is 2. The van der Waals surface area contributed by atoms with Gasteiger partial charge in [-0.2, -0.15) is 0 Å². The number of aryl methyl sites for hydroxylation is 1. The van der Waals surface area contributed by atoms with Gasteiger partial charge < -0.3 is 16.4 Å². The van der Waals surface area contributed by atoms with Crippen molar-refractivity contribution < 1.29 is 9.59 Å². The van der Waals surface area contributed by atoms with E-state index in [9.17, 15) is 9.59 Å². The summed E-state index contributed by atoms with van der Waals surface area (Å²) in [7, 11) is 1.50. The third-order valence-electron chi connectivity index (χ3n) is 2.08. The molecule has 0 aliphatic rings. The van der Waals surface area contributed by atoms with Gasteiger partial charge in [-0.25, -0.2) is 0 Å². The Balaban J connectivity index is 2.95. The van der Waals surface area contributed by atoms with Crippen LogP contribution >= 0.6 is 0 Å². The first-order valence-corrected chi connectivity index (χ1v) is 4.67. The summed E-state index contributed by atoms with van der Waals surface area (Å²) in [6, 6.07) is 1.53. The maximum Gasteiger partial charge on any atom is 0.255 e. The lowest BCUT2D eigenvalue weighted by Gasteiger charge is -2.16. The fraction of sp³-hybridized carbons (Fsp3) is 0.300. The highest BCUT2D eigenvalue weighted by atomic mass is 16.2. The van der Waals surface area contributed by atoms with Crippen LogP contribution in [0.3, 0.4) is 0 Å². The number of amides is 2. The summed E-state index contributed by atoms with van der Waals surface area (Å²) in [4.78, 5) is 27.8. The van der Waals surface area contributed by atoms with Crippen LogP contribution in [-0.2, 0) is 4.79 Å². The summed E-state index contributed by atoms with van der Waals surface area (Å²) in [5, 5.41) is 0. The van der Waals surface area contributed by atoms with Crippen LogP contribution in [0, 0.1) is 6.92 Å². The van der Waals surface area contributed by atoms with Gasteiger partial charge >= 0.3 is 0 Å². The van der Waals surface area contributed by atoms with E-state index in [2.05, 4.69) is 4.98 Å². The Hall–Kier alpha value is -2.11. The molecule has 0 saturated heterocycles. The molecule has 0 spiro atoms. The minimum atomic E-state index is -0.564. The predicted octanol–water partition coefficient (Wildman–Crippen LogP) is -0.470. The molecule has 6 nitrogen and oxygen atoms in total. The molecule has 1 rings (SSSR count). The van der Waals surface area contributed by atoms with Crippen LogP contribution in [0.5, 0.6) is 0 Å². The van der Waals surface area contributed by atoms with E-state index < -0.39 is 5.91 Å². The highest BCUT2D eigenvalue weighted by Crippen LogP contribution is 2.11. The van der Waals surface area contributed by atoms with Gasteiger partial charge in [0.05, 0.1) is 29.7 Å². The molecule has 1 aromatic heterocycles. The van der Waals surface area contributed by atoms with E-state index in [0.717, 1.165) is 0 Å². The van der Waals surface area contributed by atoms with Gasteiger partial charge in [-0.15, -0.1) is 0 Å². The Bertz CT molecular complexity index is 431. The highest BCUT2D eigenvalue weighted by molar-refractivity contribution is 5.97. The second-order valence-corrected chi connectivity index (χ2v) is 3.53. The molecule has 86 valence electrons. The normalized spacial score (nSPS) is 9.88. The van der Waals surface area contributed by atoms with Crippen LogP contribution in [0.15, 0.2) is 12.3 Å². The molecule has 0 bridgehead atoms. The van der Waals surface area contributed by atoms with E-state index in [-0.39, 0.29) is 12.5 Å². The number of rotatable bonds is 3. The number of carbonyl (C=O) groups excluding carboxylic acids is 2. The van der Waals surface area contributed by atoms with Gasteiger partial charge in [0.2, 0.25) is 5.91 Å². The van der Waals surface area contributed by atoms with Crippen molar-refractivity contribution in [1.29, 1.82) is 0 Å². The minimum Gasteiger partial charge on any atom is -0.397 e. The lowest BCUT2D eigenvalue weighted by molar-refractivity contribution is -0.118. The maximum absolute atomic E-state index is 11.9. The molecule has 4 N–H and O–H groups in total. The van der Waals surface area contributed by atoms with Crippen molar-refractivity contribution in [2.45, 2.75) is 6.92 Å². The third kappa shape index (κ3) is 2.69. The number of hydrogen-bond acceptors (Lipinski definition) is 4. The van der Waals surface area contributed by atoms with Crippen molar-refractivity contribution >= 4 is 17.5 Å². The Morgan fingerprint density at radius 3 is 2.69 bits per heavy atom. The SMILES string of the molecule is Cc1ncc(N)cc1C(=O)N(C)CC(N)=O. The average molecular weight is 222 g/mol. The summed E-state index contributed by atoms with van der Waals surface area (Å²) in [6.45, 7) is 1.57. The molecule has 2 amide bonds. The molecule has 0 aliphatic carbocycles. The number of nitrogen functional groups attached to an aromatic ring is 1. The van der Waals surface area contributed by atoms with E-state index >= 15 is 0 Å². The van der Waals surface area contributed by atoms with E-state index in [1.807, 2.05) is 0 Å². The third-order valence-corrected chi connectivity index (χ3v) is 2.08. The summed E-state index contributed by atoms with van der Waals surface area (Å²) in [5.74, 6) is -0.888. The van der Waals surface area contributed by atoms with Crippen LogP contribution in [0.4, 0.5) is 5.69 Å². The van der Waals surface area contributed by atoms with Crippen molar-refractivity contribution in [3.8, 4) is 0 Å². The molecule has 0 radical (unpaired) electrons. The second kappa shape index (κ2) is 4.61. The fourth-order valence-electron chi connectivity index (χ4n) is 1.28. The number of hydrogen-bond donors (Lipinski definition) is 2. The van der Waals surface area contributed by atoms with Crippen LogP contribution in [-0.4, -0.2) is 35.3 Å². The van der Waals surface area contributed by atoms with Crippen molar-refractivity contribution in [1.82, 2.24) is 9.88 Å². The van der Waals surface area contributed by atoms with E-state index in [1.165, 1.54) is 24.2 Å². The monoisotopic (exact) mass is 222 g/mol. The summed E-state index contributed by atoms with van der Waals surface area (Å²) < 4.78 is 0. The van der Waals surface area contributed by atoms with Gasteiger partial charge in [0.15, 0.2) is 0 Å². The summed E-state index contributed by atoms with van der Waals surface area (Å²) in [6.07, 6.45) is 1.47. The lowest BCUT2D eigenvalue weighted by Crippen LogP contribution is -2.35. The molecule has 1 heterocycles. The first-order valence-electron chi connectivity index (χ1n) is 4.67. The minimum absolute atomic E-state index is 0.132. The Kier molecular flexibility index (Phi) is 3.44. The molecule has 1 aromatic rings. The van der Waals surface area contributed by atoms with Gasteiger partial charge in [-0.05, 0) is 13.0 Å². The van der Waals surface area contributed by atoms with Crippen LogP contribution in [0.2, 0.25) is 0 Å². The molecule has 0 saturated carbocycles. The Morgan fingerprint density at radius 2 is 2.12 bits per heavy atom. The number of nitrogens with zero attached hydrogens (tertiary/aromatic N) is 2. The standard InChI is InChI=1S/C10H14N4O2/c1-6-8(3-7(11)4-13-6)10(16)14(2)5-9(12)15/h3-4H,5,11H2,1-2H3,(H2,12,15). The smallest absolute Gasteiger partial charge is 0.255 e. The van der Waals surface area contributed by atoms with E-state index in [4.69, 9.17) is 11.5 Å². The molecule has 0 aromatic carbocycles. The second-order valence-electron chi connectivity index (χ2n) is 3.53. The van der Waals surface area contributed by atoms with Gasteiger partial charge in [-0.1, -0.05) is 0 Å². The van der Waals surface area contributed by atoms with E-state index in [1.54, 1.807) is 6.92 Å². The number of pyridine rings is 1. The zero-order valence-corrected chi connectivity index (χ0v) is 9.23.